The van der Waals surface area contributed by atoms with Crippen LogP contribution < -0.4 is 0 Å². The van der Waals surface area contributed by atoms with E-state index in [-0.39, 0.29) is 0 Å². The van der Waals surface area contributed by atoms with Gasteiger partial charge in [0.1, 0.15) is 6.73 Å². The van der Waals surface area contributed by atoms with Crippen molar-refractivity contribution in [2.24, 2.45) is 0 Å². The molecule has 2 rings (SSSR count). The van der Waals surface area contributed by atoms with Gasteiger partial charge in [0.05, 0.1) is 12.8 Å². The highest BCUT2D eigenvalue weighted by Gasteiger charge is 2.20. The van der Waals surface area contributed by atoms with Crippen molar-refractivity contribution in [2.45, 2.75) is 31.9 Å². The Balaban J connectivity index is 1.70. The van der Waals surface area contributed by atoms with E-state index in [9.17, 15) is 0 Å². The van der Waals surface area contributed by atoms with Crippen LogP contribution in [-0.4, -0.2) is 40.9 Å². The number of rotatable bonds is 6. The smallest absolute Gasteiger partial charge is 0.139 e. The number of aromatic nitrogens is 2. The van der Waals surface area contributed by atoms with Crippen molar-refractivity contribution in [1.82, 2.24) is 9.78 Å². The molecule has 1 saturated carbocycles. The minimum atomic E-state index is -0.436. The average Bonchev–Trinajstić information content (AvgIpc) is 2.57. The van der Waals surface area contributed by atoms with Crippen molar-refractivity contribution in [3.63, 3.8) is 0 Å². The molecule has 0 bridgehead atoms. The highest BCUT2D eigenvalue weighted by Crippen LogP contribution is 2.36. The van der Waals surface area contributed by atoms with E-state index in [0.717, 1.165) is 12.5 Å². The summed E-state index contributed by atoms with van der Waals surface area (Å²) in [6.45, 7) is 1.44. The standard InChI is InChI=1S/C13H24N2OS/c1-17(2,3)8-7-16-11-15-10-13(9-14-15)12-5-4-6-12/h9-10,12H,4-8,11H2,1-3H3. The third kappa shape index (κ3) is 4.03. The molecule has 0 atom stereocenters. The Morgan fingerprint density at radius 1 is 1.41 bits per heavy atom. The zero-order valence-corrected chi connectivity index (χ0v) is 12.0. The van der Waals surface area contributed by atoms with Crippen LogP contribution in [0, 0.1) is 0 Å². The molecule has 0 unspecified atom stereocenters. The summed E-state index contributed by atoms with van der Waals surface area (Å²) in [5.41, 5.74) is 1.39. The van der Waals surface area contributed by atoms with E-state index in [1.165, 1.54) is 30.6 Å². The Hall–Kier alpha value is -0.480. The van der Waals surface area contributed by atoms with Crippen LogP contribution in [0.2, 0.25) is 0 Å². The molecule has 0 radical (unpaired) electrons. The largest absolute Gasteiger partial charge is 0.358 e. The molecule has 1 heterocycles. The van der Waals surface area contributed by atoms with Crippen LogP contribution in [-0.2, 0) is 11.5 Å². The lowest BCUT2D eigenvalue weighted by atomic mass is 9.81. The summed E-state index contributed by atoms with van der Waals surface area (Å²) in [6.07, 6.45) is 15.1. The first kappa shape index (κ1) is 13.0. The number of nitrogens with zero attached hydrogens (tertiary/aromatic N) is 2. The van der Waals surface area contributed by atoms with Crippen molar-refractivity contribution < 1.29 is 4.74 Å². The van der Waals surface area contributed by atoms with Crippen molar-refractivity contribution >= 4 is 10.0 Å². The molecule has 4 heteroatoms. The molecule has 3 nitrogen and oxygen atoms in total. The summed E-state index contributed by atoms with van der Waals surface area (Å²) < 4.78 is 7.58. The van der Waals surface area contributed by atoms with Crippen molar-refractivity contribution in [2.75, 3.05) is 31.1 Å². The van der Waals surface area contributed by atoms with E-state index in [4.69, 9.17) is 4.74 Å². The molecular formula is C13H24N2OS. The molecular weight excluding hydrogens is 232 g/mol. The van der Waals surface area contributed by atoms with Gasteiger partial charge in [-0.05, 0) is 43.1 Å². The predicted octanol–water partition coefficient (Wildman–Crippen LogP) is 2.82. The summed E-state index contributed by atoms with van der Waals surface area (Å²) >= 11 is 0. The van der Waals surface area contributed by atoms with Crippen molar-refractivity contribution in [3.05, 3.63) is 18.0 Å². The molecule has 0 N–H and O–H groups in total. The average molecular weight is 256 g/mol. The van der Waals surface area contributed by atoms with Gasteiger partial charge in [-0.25, -0.2) is 14.7 Å². The van der Waals surface area contributed by atoms with Crippen molar-refractivity contribution in [1.29, 1.82) is 0 Å². The van der Waals surface area contributed by atoms with E-state index in [0.29, 0.717) is 6.73 Å². The molecule has 1 aromatic heterocycles. The van der Waals surface area contributed by atoms with Crippen LogP contribution >= 0.6 is 10.0 Å². The Kier molecular flexibility index (Phi) is 4.15. The normalized spacial score (nSPS) is 18.1. The Morgan fingerprint density at radius 3 is 2.76 bits per heavy atom. The SMILES string of the molecule is CS(C)(C)CCOCn1cc(C2CCC2)cn1. The van der Waals surface area contributed by atoms with Gasteiger partial charge in [-0.1, -0.05) is 6.42 Å². The van der Waals surface area contributed by atoms with E-state index >= 15 is 0 Å². The van der Waals surface area contributed by atoms with Crippen LogP contribution in [0.15, 0.2) is 12.4 Å². The zero-order valence-electron chi connectivity index (χ0n) is 11.2. The zero-order chi connectivity index (χ0) is 12.3. The quantitative estimate of drug-likeness (QED) is 0.732. The maximum Gasteiger partial charge on any atom is 0.139 e. The number of ether oxygens (including phenoxy) is 1. The van der Waals surface area contributed by atoms with Crippen molar-refractivity contribution in [3.8, 4) is 0 Å². The molecule has 1 aromatic rings. The first-order valence-electron chi connectivity index (χ1n) is 6.31. The van der Waals surface area contributed by atoms with Gasteiger partial charge in [-0.15, -0.1) is 0 Å². The molecule has 1 aliphatic rings. The topological polar surface area (TPSA) is 27.1 Å². The Bertz CT molecular complexity index is 353. The lowest BCUT2D eigenvalue weighted by Gasteiger charge is -2.24. The van der Waals surface area contributed by atoms with Crippen LogP contribution in [0.25, 0.3) is 0 Å². The molecule has 0 amide bonds. The molecule has 17 heavy (non-hydrogen) atoms. The minimum absolute atomic E-state index is 0.436. The summed E-state index contributed by atoms with van der Waals surface area (Å²) in [4.78, 5) is 0. The fourth-order valence-corrected chi connectivity index (χ4v) is 2.49. The van der Waals surface area contributed by atoms with Gasteiger partial charge in [-0.3, -0.25) is 0 Å². The minimum Gasteiger partial charge on any atom is -0.358 e. The second-order valence-corrected chi connectivity index (χ2v) is 10.4. The third-order valence-electron chi connectivity index (χ3n) is 3.29. The highest BCUT2D eigenvalue weighted by molar-refractivity contribution is 8.32. The van der Waals surface area contributed by atoms with Crippen LogP contribution in [0.5, 0.6) is 0 Å². The lowest BCUT2D eigenvalue weighted by molar-refractivity contribution is 0.0808. The van der Waals surface area contributed by atoms with Crippen LogP contribution in [0.4, 0.5) is 0 Å². The monoisotopic (exact) mass is 256 g/mol. The molecule has 0 saturated heterocycles. The summed E-state index contributed by atoms with van der Waals surface area (Å²) in [5.74, 6) is 1.94. The lowest BCUT2D eigenvalue weighted by Crippen LogP contribution is -2.10. The first-order valence-corrected chi connectivity index (χ1v) is 9.33. The maximum absolute atomic E-state index is 5.66. The van der Waals surface area contributed by atoms with Gasteiger partial charge in [-0.2, -0.15) is 5.10 Å². The van der Waals surface area contributed by atoms with E-state index < -0.39 is 10.0 Å². The van der Waals surface area contributed by atoms with Gasteiger partial charge in [0.25, 0.3) is 0 Å². The van der Waals surface area contributed by atoms with Crippen LogP contribution in [0.1, 0.15) is 30.7 Å². The summed E-state index contributed by atoms with van der Waals surface area (Å²) in [7, 11) is -0.436. The third-order valence-corrected chi connectivity index (χ3v) is 4.68. The van der Waals surface area contributed by atoms with E-state index in [1.54, 1.807) is 0 Å². The van der Waals surface area contributed by atoms with Gasteiger partial charge in [0, 0.05) is 11.9 Å². The molecule has 98 valence electrons. The molecule has 1 aliphatic carbocycles. The maximum atomic E-state index is 5.66. The number of hydrogen-bond donors (Lipinski definition) is 0. The van der Waals surface area contributed by atoms with E-state index in [2.05, 4.69) is 30.1 Å². The van der Waals surface area contributed by atoms with Crippen LogP contribution in [0.3, 0.4) is 0 Å². The molecule has 0 spiro atoms. The van der Waals surface area contributed by atoms with Gasteiger partial charge in [0.2, 0.25) is 0 Å². The van der Waals surface area contributed by atoms with Gasteiger partial charge in [0.15, 0.2) is 0 Å². The first-order chi connectivity index (χ1) is 8.04. The highest BCUT2D eigenvalue weighted by atomic mass is 32.3. The molecule has 0 aliphatic heterocycles. The Morgan fingerprint density at radius 2 is 2.18 bits per heavy atom. The predicted molar refractivity (Wildman–Crippen MR) is 75.0 cm³/mol. The second kappa shape index (κ2) is 5.44. The molecule has 0 aromatic carbocycles. The van der Waals surface area contributed by atoms with Gasteiger partial charge < -0.3 is 4.74 Å². The molecule has 1 fully saturated rings. The summed E-state index contributed by atoms with van der Waals surface area (Å²) in [6, 6.07) is 0. The fourth-order valence-electron chi connectivity index (χ4n) is 1.87. The second-order valence-electron chi connectivity index (χ2n) is 5.77. The summed E-state index contributed by atoms with van der Waals surface area (Å²) in [5, 5.41) is 4.35. The Labute approximate surface area is 106 Å². The number of hydrogen-bond acceptors (Lipinski definition) is 2. The fraction of sp³-hybridized carbons (Fsp3) is 0.769. The van der Waals surface area contributed by atoms with Gasteiger partial charge >= 0.3 is 0 Å². The van der Waals surface area contributed by atoms with E-state index in [1.807, 2.05) is 10.9 Å².